The lowest BCUT2D eigenvalue weighted by atomic mass is 9.92. The maximum Gasteiger partial charge on any atom is 0.143 e. The average molecular weight is 457 g/mol. The Labute approximate surface area is 197 Å². The molecule has 0 unspecified atom stereocenters. The molecule has 0 saturated heterocycles. The van der Waals surface area contributed by atoms with E-state index in [0.717, 1.165) is 50.3 Å². The van der Waals surface area contributed by atoms with Crippen LogP contribution in [0.5, 0.6) is 17.2 Å². The molecule has 0 atom stereocenters. The Balaban J connectivity index is 1.84. The molecule has 0 spiro atoms. The van der Waals surface area contributed by atoms with Gasteiger partial charge in [0.1, 0.15) is 23.5 Å². The van der Waals surface area contributed by atoms with E-state index in [1.54, 1.807) is 38.7 Å². The number of hydrogen-bond acceptors (Lipinski definition) is 5. The van der Waals surface area contributed by atoms with Gasteiger partial charge in [-0.15, -0.1) is 11.3 Å². The van der Waals surface area contributed by atoms with E-state index >= 15 is 0 Å². The summed E-state index contributed by atoms with van der Waals surface area (Å²) in [5.74, 6) is 2.13. The van der Waals surface area contributed by atoms with Crippen LogP contribution in [0.3, 0.4) is 0 Å². The predicted octanol–water partition coefficient (Wildman–Crippen LogP) is 6.74. The summed E-state index contributed by atoms with van der Waals surface area (Å²) < 4.78 is 16.8. The van der Waals surface area contributed by atoms with Crippen LogP contribution in [0.4, 0.5) is 0 Å². The first-order chi connectivity index (χ1) is 16.2. The molecular formula is C28H24O4S. The van der Waals surface area contributed by atoms with E-state index in [2.05, 4.69) is 12.1 Å². The standard InChI is InChI=1S/C28H24O4S/c1-30-22-7-4-6-19(16-22)20-9-11-24(27(18-20)32-3)23(13-14-29)25-17-21(10-12-26(25)31-2)28-8-5-15-33-28/h4-18H,1-3H3. The lowest BCUT2D eigenvalue weighted by Gasteiger charge is -2.17. The molecule has 0 bridgehead atoms. The monoisotopic (exact) mass is 456 g/mol. The van der Waals surface area contributed by atoms with E-state index < -0.39 is 0 Å². The van der Waals surface area contributed by atoms with Gasteiger partial charge in [-0.1, -0.05) is 30.3 Å². The Bertz CT molecular complexity index is 1290. The van der Waals surface area contributed by atoms with Gasteiger partial charge in [-0.2, -0.15) is 0 Å². The minimum atomic E-state index is 0.659. The van der Waals surface area contributed by atoms with Gasteiger partial charge in [-0.3, -0.25) is 4.79 Å². The van der Waals surface area contributed by atoms with E-state index in [1.165, 1.54) is 0 Å². The van der Waals surface area contributed by atoms with Crippen molar-refractivity contribution in [1.82, 2.24) is 0 Å². The number of aldehydes is 1. The Morgan fingerprint density at radius 1 is 0.727 bits per heavy atom. The van der Waals surface area contributed by atoms with Crippen molar-refractivity contribution < 1.29 is 19.0 Å². The van der Waals surface area contributed by atoms with E-state index in [9.17, 15) is 4.79 Å². The summed E-state index contributed by atoms with van der Waals surface area (Å²) in [4.78, 5) is 12.8. The van der Waals surface area contributed by atoms with Crippen molar-refractivity contribution in [3.05, 3.63) is 95.4 Å². The van der Waals surface area contributed by atoms with Crippen LogP contribution < -0.4 is 14.2 Å². The van der Waals surface area contributed by atoms with Crippen molar-refractivity contribution in [3.8, 4) is 38.8 Å². The molecule has 3 aromatic carbocycles. The first kappa shape index (κ1) is 22.4. The zero-order valence-corrected chi connectivity index (χ0v) is 19.5. The number of thiophene rings is 1. The summed E-state index contributed by atoms with van der Waals surface area (Å²) in [6.45, 7) is 0. The quantitative estimate of drug-likeness (QED) is 0.218. The molecular weight excluding hydrogens is 432 g/mol. The SMILES string of the molecule is COc1cccc(-c2ccc(C(=CC=O)c3cc(-c4cccs4)ccc3OC)c(OC)c2)c1. The van der Waals surface area contributed by atoms with Crippen molar-refractivity contribution in [2.75, 3.05) is 21.3 Å². The third-order valence-electron chi connectivity index (χ3n) is 5.42. The topological polar surface area (TPSA) is 44.8 Å². The largest absolute Gasteiger partial charge is 0.497 e. The van der Waals surface area contributed by atoms with Gasteiger partial charge in [-0.25, -0.2) is 0 Å². The van der Waals surface area contributed by atoms with Crippen molar-refractivity contribution in [1.29, 1.82) is 0 Å². The zero-order chi connectivity index (χ0) is 23.2. The molecule has 1 heterocycles. The Hall–Kier alpha value is -3.83. The Morgan fingerprint density at radius 2 is 1.52 bits per heavy atom. The highest BCUT2D eigenvalue weighted by Crippen LogP contribution is 2.40. The Kier molecular flexibility index (Phi) is 6.91. The van der Waals surface area contributed by atoms with Crippen LogP contribution in [-0.4, -0.2) is 27.6 Å². The van der Waals surface area contributed by atoms with Crippen molar-refractivity contribution in [2.45, 2.75) is 0 Å². The zero-order valence-electron chi connectivity index (χ0n) is 18.7. The van der Waals surface area contributed by atoms with Gasteiger partial charge in [0, 0.05) is 16.0 Å². The van der Waals surface area contributed by atoms with Gasteiger partial charge in [-0.05, 0) is 76.2 Å². The highest BCUT2D eigenvalue weighted by Gasteiger charge is 2.17. The summed E-state index contributed by atoms with van der Waals surface area (Å²) in [7, 11) is 4.91. The summed E-state index contributed by atoms with van der Waals surface area (Å²) in [5.41, 5.74) is 5.41. The minimum Gasteiger partial charge on any atom is -0.497 e. The lowest BCUT2D eigenvalue weighted by molar-refractivity contribution is -0.104. The molecule has 0 saturated carbocycles. The fourth-order valence-corrected chi connectivity index (χ4v) is 4.53. The summed E-state index contributed by atoms with van der Waals surface area (Å²) >= 11 is 1.66. The number of benzene rings is 3. The van der Waals surface area contributed by atoms with Crippen LogP contribution in [0.1, 0.15) is 11.1 Å². The molecule has 0 radical (unpaired) electrons. The fraction of sp³-hybridized carbons (Fsp3) is 0.107. The third-order valence-corrected chi connectivity index (χ3v) is 6.34. The maximum atomic E-state index is 11.7. The number of methoxy groups -OCH3 is 3. The molecule has 4 rings (SSSR count). The first-order valence-electron chi connectivity index (χ1n) is 10.4. The smallest absolute Gasteiger partial charge is 0.143 e. The molecule has 33 heavy (non-hydrogen) atoms. The molecule has 0 N–H and O–H groups in total. The van der Waals surface area contributed by atoms with Gasteiger partial charge in [0.2, 0.25) is 0 Å². The molecule has 0 aliphatic carbocycles. The van der Waals surface area contributed by atoms with E-state index in [0.29, 0.717) is 11.5 Å². The number of hydrogen-bond donors (Lipinski definition) is 0. The van der Waals surface area contributed by atoms with Crippen molar-refractivity contribution in [3.63, 3.8) is 0 Å². The number of ether oxygens (including phenoxy) is 3. The number of carbonyl (C=O) groups excluding carboxylic acids is 1. The number of carbonyl (C=O) groups is 1. The molecule has 1 aromatic heterocycles. The second-order valence-electron chi connectivity index (χ2n) is 7.26. The molecule has 0 aliphatic heterocycles. The fourth-order valence-electron chi connectivity index (χ4n) is 3.80. The van der Waals surface area contributed by atoms with Crippen LogP contribution in [-0.2, 0) is 4.79 Å². The maximum absolute atomic E-state index is 11.7. The summed E-state index contributed by atoms with van der Waals surface area (Å²) in [5, 5.41) is 2.04. The molecule has 5 heteroatoms. The highest BCUT2D eigenvalue weighted by molar-refractivity contribution is 7.13. The first-order valence-corrected chi connectivity index (χ1v) is 11.3. The second-order valence-corrected chi connectivity index (χ2v) is 8.20. The van der Waals surface area contributed by atoms with Gasteiger partial charge in [0.05, 0.1) is 21.3 Å². The second kappa shape index (κ2) is 10.2. The van der Waals surface area contributed by atoms with E-state index in [4.69, 9.17) is 14.2 Å². The van der Waals surface area contributed by atoms with Crippen molar-refractivity contribution in [2.24, 2.45) is 0 Å². The van der Waals surface area contributed by atoms with Gasteiger partial charge < -0.3 is 14.2 Å². The molecule has 166 valence electrons. The van der Waals surface area contributed by atoms with Crippen LogP contribution in [0.2, 0.25) is 0 Å². The lowest BCUT2D eigenvalue weighted by Crippen LogP contribution is -1.98. The van der Waals surface area contributed by atoms with Gasteiger partial charge in [0.25, 0.3) is 0 Å². The van der Waals surface area contributed by atoms with Crippen LogP contribution in [0.15, 0.2) is 84.3 Å². The third kappa shape index (κ3) is 4.69. The van der Waals surface area contributed by atoms with Crippen molar-refractivity contribution >= 4 is 23.2 Å². The van der Waals surface area contributed by atoms with Crippen LogP contribution >= 0.6 is 11.3 Å². The summed E-state index contributed by atoms with van der Waals surface area (Å²) in [6, 6.07) is 23.9. The molecule has 0 amide bonds. The minimum absolute atomic E-state index is 0.659. The number of allylic oxidation sites excluding steroid dienone is 1. The van der Waals surface area contributed by atoms with E-state index in [1.807, 2.05) is 66.0 Å². The van der Waals surface area contributed by atoms with Crippen LogP contribution in [0.25, 0.3) is 27.1 Å². The summed E-state index contributed by atoms with van der Waals surface area (Å²) in [6.07, 6.45) is 2.35. The predicted molar refractivity (Wildman–Crippen MR) is 134 cm³/mol. The Morgan fingerprint density at radius 3 is 2.21 bits per heavy atom. The van der Waals surface area contributed by atoms with Gasteiger partial charge >= 0.3 is 0 Å². The normalized spacial score (nSPS) is 11.2. The van der Waals surface area contributed by atoms with E-state index in [-0.39, 0.29) is 0 Å². The molecule has 0 fully saturated rings. The average Bonchev–Trinajstić information content (AvgIpc) is 3.42. The van der Waals surface area contributed by atoms with Gasteiger partial charge in [0.15, 0.2) is 0 Å². The van der Waals surface area contributed by atoms with Crippen LogP contribution in [0, 0.1) is 0 Å². The molecule has 0 aliphatic rings. The number of rotatable bonds is 8. The molecule has 4 nitrogen and oxygen atoms in total. The highest BCUT2D eigenvalue weighted by atomic mass is 32.1. The molecule has 4 aromatic rings.